The molecule has 250 valence electrons. The van der Waals surface area contributed by atoms with Gasteiger partial charge in [-0.3, -0.25) is 4.99 Å². The Morgan fingerprint density at radius 3 is 2.31 bits per heavy atom. The van der Waals surface area contributed by atoms with Crippen molar-refractivity contribution in [3.8, 4) is 28.5 Å². The predicted molar refractivity (Wildman–Crippen MR) is 190 cm³/mol. The van der Waals surface area contributed by atoms with E-state index in [2.05, 4.69) is 101 Å². The monoisotopic (exact) mass is 818 g/mol. The van der Waals surface area contributed by atoms with Gasteiger partial charge in [0.25, 0.3) is 0 Å². The molecule has 0 amide bonds. The molecule has 2 atom stereocenters. The summed E-state index contributed by atoms with van der Waals surface area (Å²) in [6.45, 7) is 15.5. The molecule has 1 aliphatic carbocycles. The van der Waals surface area contributed by atoms with Crippen LogP contribution >= 0.6 is 0 Å². The summed E-state index contributed by atoms with van der Waals surface area (Å²) in [6, 6.07) is 30.5. The standard InChI is InChI=1S/C42H43N2O3.Pt/c1-24(2)33-13-10-14-34(25(3)4)38(33)30-19-31(21-32(20-30)46-37-16-15-28-17-26(5)18-36(45)39(28)44-37)41-43-35-22-27-11-8-9-12-29(27)23-42(6,7)40(35)47-41;/h8-20,24-25,35,40,45H,22-23H2,1-7H3;/q-1;/t35-,40-;/m0./s1. The Morgan fingerprint density at radius 2 is 1.60 bits per heavy atom. The first-order valence-electron chi connectivity index (χ1n) is 16.8. The fourth-order valence-electron chi connectivity index (χ4n) is 7.42. The third kappa shape index (κ3) is 6.42. The number of aryl methyl sites for hydroxylation is 1. The fraction of sp³-hybridized carbons (Fsp3) is 0.333. The molecule has 0 fully saturated rings. The van der Waals surface area contributed by atoms with E-state index in [-0.39, 0.29) is 44.4 Å². The summed E-state index contributed by atoms with van der Waals surface area (Å²) < 4.78 is 13.3. The van der Waals surface area contributed by atoms with Crippen molar-refractivity contribution in [1.29, 1.82) is 0 Å². The summed E-state index contributed by atoms with van der Waals surface area (Å²) in [5, 5.41) is 11.5. The molecule has 2 heterocycles. The average Bonchev–Trinajstić information content (AvgIpc) is 3.42. The second-order valence-electron chi connectivity index (χ2n) is 14.6. The van der Waals surface area contributed by atoms with E-state index < -0.39 is 0 Å². The number of aliphatic imine (C=N–C) groups is 1. The van der Waals surface area contributed by atoms with Gasteiger partial charge in [0.15, 0.2) is 0 Å². The number of rotatable bonds is 6. The van der Waals surface area contributed by atoms with E-state index in [1.807, 2.05) is 31.2 Å². The maximum absolute atomic E-state index is 10.7. The van der Waals surface area contributed by atoms with Crippen molar-refractivity contribution in [2.45, 2.75) is 85.3 Å². The van der Waals surface area contributed by atoms with Gasteiger partial charge in [0.05, 0.1) is 6.04 Å². The van der Waals surface area contributed by atoms with E-state index in [0.717, 1.165) is 34.9 Å². The molecule has 0 saturated carbocycles. The topological polar surface area (TPSA) is 63.9 Å². The summed E-state index contributed by atoms with van der Waals surface area (Å²) in [5.74, 6) is 2.28. The van der Waals surface area contributed by atoms with Crippen LogP contribution in [0, 0.1) is 18.4 Å². The van der Waals surface area contributed by atoms with E-state index in [9.17, 15) is 5.11 Å². The van der Waals surface area contributed by atoms with Crippen molar-refractivity contribution >= 4 is 16.8 Å². The minimum atomic E-state index is -0.107. The van der Waals surface area contributed by atoms with Crippen molar-refractivity contribution in [3.63, 3.8) is 0 Å². The molecule has 4 aromatic carbocycles. The number of hydrogen-bond donors (Lipinski definition) is 1. The molecule has 0 bridgehead atoms. The van der Waals surface area contributed by atoms with Crippen molar-refractivity contribution in [1.82, 2.24) is 4.98 Å². The SMILES string of the molecule is Cc1cc(O)c2nc(Oc3[c-]c(C4=N[C@H]5Cc6ccccc6CC(C)(C)[C@H]5O4)cc(-c4c(C(C)C)cccc4C(C)C)c3)ccc2c1.[Pt]. The van der Waals surface area contributed by atoms with Crippen molar-refractivity contribution < 1.29 is 35.6 Å². The van der Waals surface area contributed by atoms with Gasteiger partial charge in [0.1, 0.15) is 23.3 Å². The zero-order valence-electron chi connectivity index (χ0n) is 28.7. The summed E-state index contributed by atoms with van der Waals surface area (Å²) in [5.41, 5.74) is 9.66. The molecule has 5 nitrogen and oxygen atoms in total. The molecule has 1 N–H and O–H groups in total. The van der Waals surface area contributed by atoms with Gasteiger partial charge in [-0.05, 0) is 83.2 Å². The van der Waals surface area contributed by atoms with Crippen LogP contribution in [0.25, 0.3) is 22.0 Å². The zero-order valence-corrected chi connectivity index (χ0v) is 31.0. The van der Waals surface area contributed by atoms with Gasteiger partial charge >= 0.3 is 0 Å². The number of ether oxygens (including phenoxy) is 2. The smallest absolute Gasteiger partial charge is 0.217 e. The largest absolute Gasteiger partial charge is 0.514 e. The van der Waals surface area contributed by atoms with Crippen LogP contribution in [0.1, 0.15) is 86.8 Å². The molecule has 0 spiro atoms. The van der Waals surface area contributed by atoms with E-state index >= 15 is 0 Å². The van der Waals surface area contributed by atoms with Gasteiger partial charge in [-0.15, -0.1) is 6.07 Å². The Hall–Kier alpha value is -3.95. The van der Waals surface area contributed by atoms with Crippen LogP contribution in [0.2, 0.25) is 0 Å². The number of phenols is 1. The number of nitrogens with zero attached hydrogens (tertiary/aromatic N) is 2. The van der Waals surface area contributed by atoms with Crippen LogP contribution in [0.4, 0.5) is 0 Å². The van der Waals surface area contributed by atoms with E-state index in [1.54, 1.807) is 6.07 Å². The molecule has 0 radical (unpaired) electrons. The van der Waals surface area contributed by atoms with Gasteiger partial charge in [-0.2, -0.15) is 0 Å². The van der Waals surface area contributed by atoms with E-state index in [0.29, 0.717) is 34.9 Å². The molecular formula is C42H43N2O3Pt-. The normalized spacial score (nSPS) is 18.1. The van der Waals surface area contributed by atoms with Gasteiger partial charge < -0.3 is 14.6 Å². The summed E-state index contributed by atoms with van der Waals surface area (Å²) in [7, 11) is 0. The maximum Gasteiger partial charge on any atom is 0.217 e. The van der Waals surface area contributed by atoms with Crippen LogP contribution in [0.5, 0.6) is 17.4 Å². The Balaban J connectivity index is 0.00000401. The van der Waals surface area contributed by atoms with Crippen LogP contribution < -0.4 is 4.74 Å². The first kappa shape index (κ1) is 33.9. The minimum absolute atomic E-state index is 0. The van der Waals surface area contributed by atoms with Crippen molar-refractivity contribution in [3.05, 3.63) is 118 Å². The number of pyridine rings is 1. The molecule has 2 aliphatic rings. The predicted octanol–water partition coefficient (Wildman–Crippen LogP) is 10.1. The molecule has 7 rings (SSSR count). The second kappa shape index (κ2) is 13.2. The Labute approximate surface area is 298 Å². The Kier molecular flexibility index (Phi) is 9.30. The number of fused-ring (bicyclic) bond motifs is 3. The number of benzene rings is 4. The third-order valence-corrected chi connectivity index (χ3v) is 9.68. The Morgan fingerprint density at radius 1 is 0.896 bits per heavy atom. The summed E-state index contributed by atoms with van der Waals surface area (Å²) in [6.07, 6.45) is 1.72. The molecule has 48 heavy (non-hydrogen) atoms. The van der Waals surface area contributed by atoms with Gasteiger partial charge in [0.2, 0.25) is 5.88 Å². The van der Waals surface area contributed by atoms with Gasteiger partial charge in [0, 0.05) is 43.7 Å². The molecule has 5 aromatic rings. The quantitative estimate of drug-likeness (QED) is 0.173. The van der Waals surface area contributed by atoms with Crippen molar-refractivity contribution in [2.75, 3.05) is 0 Å². The Bertz CT molecular complexity index is 2000. The fourth-order valence-corrected chi connectivity index (χ4v) is 7.42. The number of aromatic hydroxyl groups is 1. The second-order valence-corrected chi connectivity index (χ2v) is 14.6. The first-order valence-corrected chi connectivity index (χ1v) is 16.8. The molecule has 0 saturated heterocycles. The average molecular weight is 819 g/mol. The van der Waals surface area contributed by atoms with Crippen LogP contribution in [0.3, 0.4) is 0 Å². The van der Waals surface area contributed by atoms with E-state index in [4.69, 9.17) is 14.5 Å². The number of aromatic nitrogens is 1. The molecule has 1 aromatic heterocycles. The number of phenolic OH excluding ortho intramolecular Hbond substituents is 1. The van der Waals surface area contributed by atoms with Gasteiger partial charge in [-0.25, -0.2) is 4.98 Å². The maximum atomic E-state index is 10.7. The molecule has 0 unspecified atom stereocenters. The minimum Gasteiger partial charge on any atom is -0.514 e. The number of hydrogen-bond acceptors (Lipinski definition) is 5. The third-order valence-electron chi connectivity index (χ3n) is 9.68. The zero-order chi connectivity index (χ0) is 33.0. The van der Waals surface area contributed by atoms with Crippen LogP contribution in [-0.4, -0.2) is 28.1 Å². The molecular weight excluding hydrogens is 776 g/mol. The summed E-state index contributed by atoms with van der Waals surface area (Å²) in [4.78, 5) is 9.94. The van der Waals surface area contributed by atoms with Gasteiger partial charge in [-0.1, -0.05) is 107 Å². The molecule has 1 aliphatic heterocycles. The molecule has 6 heteroatoms. The van der Waals surface area contributed by atoms with E-state index in [1.165, 1.54) is 27.8 Å². The first-order chi connectivity index (χ1) is 22.5. The van der Waals surface area contributed by atoms with Crippen molar-refractivity contribution in [2.24, 2.45) is 10.4 Å². The summed E-state index contributed by atoms with van der Waals surface area (Å²) >= 11 is 0. The van der Waals surface area contributed by atoms with Crippen LogP contribution in [0.15, 0.2) is 83.9 Å². The van der Waals surface area contributed by atoms with Crippen LogP contribution in [-0.2, 0) is 38.6 Å².